The summed E-state index contributed by atoms with van der Waals surface area (Å²) in [7, 11) is -2.05. The van der Waals surface area contributed by atoms with E-state index in [1.165, 1.54) is 44.6 Å². The second-order valence-electron chi connectivity index (χ2n) is 13.1. The lowest BCUT2D eigenvalue weighted by Crippen LogP contribution is -2.44. The highest BCUT2D eigenvalue weighted by Gasteiger charge is 2.56. The van der Waals surface area contributed by atoms with E-state index < -0.39 is 26.4 Å². The van der Waals surface area contributed by atoms with Gasteiger partial charge in [-0.2, -0.15) is 4.98 Å². The smallest absolute Gasteiger partial charge is 0.280 e. The number of nitrogens with one attached hydrogen (secondary N) is 1. The lowest BCUT2D eigenvalue weighted by atomic mass is 10.1. The number of ether oxygens (including phenoxy) is 3. The molecule has 2 aromatic rings. The maximum atomic E-state index is 12.4. The van der Waals surface area contributed by atoms with Crippen LogP contribution in [0, 0.1) is 11.8 Å². The van der Waals surface area contributed by atoms with Crippen LogP contribution in [0.15, 0.2) is 11.1 Å². The van der Waals surface area contributed by atoms with Gasteiger partial charge in [-0.15, -0.1) is 0 Å². The summed E-state index contributed by atoms with van der Waals surface area (Å²) in [5.74, 6) is 0.420. The van der Waals surface area contributed by atoms with E-state index in [0.717, 1.165) is 12.1 Å². The van der Waals surface area contributed by atoms with Crippen molar-refractivity contribution in [3.05, 3.63) is 16.7 Å². The second kappa shape index (κ2) is 13.0. The molecule has 0 unspecified atom stereocenters. The molecule has 0 radical (unpaired) electrons. The molecule has 2 aliphatic rings. The van der Waals surface area contributed by atoms with Gasteiger partial charge in [-0.1, -0.05) is 73.1 Å². The number of H-pyrrole nitrogens is 1. The van der Waals surface area contributed by atoms with E-state index in [4.69, 9.17) is 24.4 Å². The van der Waals surface area contributed by atoms with Crippen molar-refractivity contribution in [2.45, 2.75) is 135 Å². The highest BCUT2D eigenvalue weighted by molar-refractivity contribution is 6.73. The number of aromatic amines is 1. The van der Waals surface area contributed by atoms with Crippen LogP contribution >= 0.6 is 0 Å². The normalized spacial score (nSPS) is 24.5. The van der Waals surface area contributed by atoms with Crippen molar-refractivity contribution in [2.24, 2.45) is 11.8 Å². The van der Waals surface area contributed by atoms with E-state index in [2.05, 4.69) is 49.6 Å². The molecule has 0 aliphatic carbocycles. The van der Waals surface area contributed by atoms with Crippen molar-refractivity contribution in [3.63, 3.8) is 0 Å². The minimum atomic E-state index is -2.05. The molecule has 4 heterocycles. The van der Waals surface area contributed by atoms with Crippen molar-refractivity contribution in [2.75, 3.05) is 12.3 Å². The Kier molecular flexibility index (Phi) is 10.1. The predicted molar refractivity (Wildman–Crippen MR) is 159 cm³/mol. The van der Waals surface area contributed by atoms with Gasteiger partial charge in [-0.25, -0.2) is 4.98 Å². The first-order valence-electron chi connectivity index (χ1n) is 15.3. The number of nitrogens with zero attached hydrogens (tertiary/aromatic N) is 3. The van der Waals surface area contributed by atoms with Crippen LogP contribution in [0.25, 0.3) is 11.2 Å². The predicted octanol–water partition coefficient (Wildman–Crippen LogP) is 5.75. The first-order chi connectivity index (χ1) is 18.9. The minimum Gasteiger partial charge on any atom is -0.414 e. The summed E-state index contributed by atoms with van der Waals surface area (Å²) >= 11 is 0. The van der Waals surface area contributed by atoms with Crippen molar-refractivity contribution < 1.29 is 18.6 Å². The fourth-order valence-corrected chi connectivity index (χ4v) is 11.9. The molecule has 40 heavy (non-hydrogen) atoms. The molecule has 0 aromatic carbocycles. The van der Waals surface area contributed by atoms with Crippen molar-refractivity contribution in [3.8, 4) is 0 Å². The van der Waals surface area contributed by atoms with Gasteiger partial charge in [0.1, 0.15) is 18.3 Å². The zero-order chi connectivity index (χ0) is 29.1. The van der Waals surface area contributed by atoms with E-state index in [0.29, 0.717) is 24.1 Å². The molecule has 2 aliphatic heterocycles. The number of anilines is 1. The van der Waals surface area contributed by atoms with Gasteiger partial charge in [0.2, 0.25) is 5.95 Å². The van der Waals surface area contributed by atoms with Crippen molar-refractivity contribution in [1.29, 1.82) is 0 Å². The zero-order valence-corrected chi connectivity index (χ0v) is 26.6. The topological polar surface area (TPSA) is 127 Å². The van der Waals surface area contributed by atoms with Crippen LogP contribution in [0.3, 0.4) is 0 Å². The van der Waals surface area contributed by atoms with E-state index in [-0.39, 0.29) is 29.2 Å². The Morgan fingerprint density at radius 3 is 2.40 bits per heavy atom. The number of hydrogen-bond acceptors (Lipinski definition) is 8. The quantitative estimate of drug-likeness (QED) is 0.202. The number of imidazole rings is 1. The molecule has 4 rings (SSSR count). The average molecular weight is 578 g/mol. The lowest BCUT2D eigenvalue weighted by Gasteiger charge is -2.36. The van der Waals surface area contributed by atoms with Gasteiger partial charge in [0.05, 0.1) is 12.9 Å². The van der Waals surface area contributed by atoms with Gasteiger partial charge in [0.15, 0.2) is 31.5 Å². The standard InChI is InChI=1S/C29H51N5O5Si/c1-8-9-10-11-12-13-14-40(16-19(2)3,17-20(4)5)36-15-21-23-24(39-29(6,7)38-23)27(37-21)34-18-31-22-25(34)32-28(30)33-26(22)35/h18-21,23-24,27H,8-17H2,1-7H3,(H3,30,32,33,35)/t21-,23-,24-,27-/m1/s1. The van der Waals surface area contributed by atoms with Gasteiger partial charge in [-0.3, -0.25) is 14.3 Å². The summed E-state index contributed by atoms with van der Waals surface area (Å²) in [5, 5.41) is 0. The van der Waals surface area contributed by atoms with Crippen molar-refractivity contribution >= 4 is 25.4 Å². The van der Waals surface area contributed by atoms with E-state index in [1.54, 1.807) is 10.9 Å². The molecule has 0 bridgehead atoms. The Labute approximate surface area is 239 Å². The monoisotopic (exact) mass is 577 g/mol. The van der Waals surface area contributed by atoms with Gasteiger partial charge in [0.25, 0.3) is 5.56 Å². The average Bonchev–Trinajstić information content (AvgIpc) is 3.50. The number of rotatable bonds is 15. The highest BCUT2D eigenvalue weighted by atomic mass is 28.4. The van der Waals surface area contributed by atoms with Crippen LogP contribution in [0.5, 0.6) is 0 Å². The van der Waals surface area contributed by atoms with Gasteiger partial charge in [0, 0.05) is 0 Å². The number of aromatic nitrogens is 4. The van der Waals surface area contributed by atoms with Gasteiger partial charge >= 0.3 is 0 Å². The summed E-state index contributed by atoms with van der Waals surface area (Å²) < 4.78 is 28.2. The molecule has 0 amide bonds. The molecule has 2 saturated heterocycles. The molecule has 2 aromatic heterocycles. The molecule has 226 valence electrons. The zero-order valence-electron chi connectivity index (χ0n) is 25.6. The first kappa shape index (κ1) is 31.1. The van der Waals surface area contributed by atoms with Crippen LogP contribution in [0.4, 0.5) is 5.95 Å². The van der Waals surface area contributed by atoms with Gasteiger partial charge in [-0.05, 0) is 43.8 Å². The Morgan fingerprint density at radius 2 is 1.73 bits per heavy atom. The second-order valence-corrected chi connectivity index (χ2v) is 17.1. The van der Waals surface area contributed by atoms with Gasteiger partial charge < -0.3 is 24.4 Å². The number of fused-ring (bicyclic) bond motifs is 2. The van der Waals surface area contributed by atoms with Crippen LogP contribution in [-0.2, 0) is 18.6 Å². The molecule has 10 nitrogen and oxygen atoms in total. The summed E-state index contributed by atoms with van der Waals surface area (Å²) in [6, 6.07) is 3.47. The summed E-state index contributed by atoms with van der Waals surface area (Å²) in [6.07, 6.45) is 7.70. The molecule has 0 saturated carbocycles. The third-order valence-corrected chi connectivity index (χ3v) is 13.1. The van der Waals surface area contributed by atoms with Crippen LogP contribution in [-0.4, -0.2) is 58.5 Å². The Bertz CT molecular complexity index is 1160. The van der Waals surface area contributed by atoms with Crippen molar-refractivity contribution in [1.82, 2.24) is 19.5 Å². The number of hydrogen-bond donors (Lipinski definition) is 2. The highest BCUT2D eigenvalue weighted by Crippen LogP contribution is 2.44. The summed E-state index contributed by atoms with van der Waals surface area (Å²) in [6.45, 7) is 15.8. The number of nitrogen functional groups attached to an aromatic ring is 1. The van der Waals surface area contributed by atoms with E-state index >= 15 is 0 Å². The number of nitrogens with two attached hydrogens (primary N) is 1. The molecule has 11 heteroatoms. The lowest BCUT2D eigenvalue weighted by molar-refractivity contribution is -0.199. The molecular weight excluding hydrogens is 526 g/mol. The summed E-state index contributed by atoms with van der Waals surface area (Å²) in [4.78, 5) is 23.6. The van der Waals surface area contributed by atoms with Crippen LogP contribution < -0.4 is 11.3 Å². The Morgan fingerprint density at radius 1 is 1.07 bits per heavy atom. The third-order valence-electron chi connectivity index (χ3n) is 7.95. The Balaban J connectivity index is 1.55. The number of unbranched alkanes of at least 4 members (excludes halogenated alkanes) is 5. The SMILES string of the molecule is CCCCCCCC[Si](CC(C)C)(CC(C)C)OC[C@H]1O[C@@H](n2cnc3c(=O)[nH]c(N)nc32)[C@@H]2OC(C)(C)O[C@@H]21. The summed E-state index contributed by atoms with van der Waals surface area (Å²) in [5.41, 5.74) is 6.06. The van der Waals surface area contributed by atoms with Crippen LogP contribution in [0.2, 0.25) is 18.1 Å². The van der Waals surface area contributed by atoms with E-state index in [1.807, 2.05) is 13.8 Å². The van der Waals surface area contributed by atoms with E-state index in [9.17, 15) is 4.79 Å². The minimum absolute atomic E-state index is 0.0328. The first-order valence-corrected chi connectivity index (χ1v) is 17.8. The maximum Gasteiger partial charge on any atom is 0.280 e. The fraction of sp³-hybridized carbons (Fsp3) is 0.828. The largest absolute Gasteiger partial charge is 0.414 e. The molecule has 3 N–H and O–H groups in total. The molecule has 2 fully saturated rings. The molecule has 4 atom stereocenters. The Hall–Kier alpha value is -1.79. The third kappa shape index (κ3) is 7.34. The fourth-order valence-electron chi connectivity index (χ4n) is 6.60. The molecular formula is C29H51N5O5Si. The maximum absolute atomic E-state index is 12.4. The van der Waals surface area contributed by atoms with Crippen LogP contribution in [0.1, 0.15) is 93.2 Å². The molecule has 0 spiro atoms.